The fourth-order valence-corrected chi connectivity index (χ4v) is 2.16. The first kappa shape index (κ1) is 10.1. The van der Waals surface area contributed by atoms with Crippen LogP contribution < -0.4 is 0 Å². The number of H-pyrrole nitrogens is 1. The third-order valence-electron chi connectivity index (χ3n) is 2.99. The van der Waals surface area contributed by atoms with Crippen molar-refractivity contribution in [2.24, 2.45) is 0 Å². The Morgan fingerprint density at radius 2 is 1.82 bits per heavy atom. The average molecular weight is 221 g/mol. The van der Waals surface area contributed by atoms with E-state index in [-0.39, 0.29) is 0 Å². The van der Waals surface area contributed by atoms with Gasteiger partial charge in [0.2, 0.25) is 0 Å². The van der Waals surface area contributed by atoms with Crippen LogP contribution in [0.25, 0.3) is 22.2 Å². The maximum Gasteiger partial charge on any atom is 0.100 e. The summed E-state index contributed by atoms with van der Waals surface area (Å²) in [6, 6.07) is 16.4. The summed E-state index contributed by atoms with van der Waals surface area (Å²) in [4.78, 5) is 0. The minimum Gasteiger partial charge on any atom is -0.277 e. The molecule has 0 aliphatic heterocycles. The highest BCUT2D eigenvalue weighted by Crippen LogP contribution is 2.28. The smallest absolute Gasteiger partial charge is 0.100 e. The van der Waals surface area contributed by atoms with Crippen LogP contribution in [0.5, 0.6) is 0 Å². The summed E-state index contributed by atoms with van der Waals surface area (Å²) in [5.41, 5.74) is 4.46. The van der Waals surface area contributed by atoms with Crippen LogP contribution in [0.15, 0.2) is 48.5 Å². The lowest BCUT2D eigenvalue weighted by atomic mass is 10.0. The lowest BCUT2D eigenvalue weighted by molar-refractivity contribution is 1.12. The molecule has 83 valence electrons. The van der Waals surface area contributed by atoms with Gasteiger partial charge in [-0.1, -0.05) is 42.5 Å². The number of fused-ring (bicyclic) bond motifs is 1. The normalized spacial score (nSPS) is 10.9. The number of hydrogen-bond donors (Lipinski definition) is 1. The van der Waals surface area contributed by atoms with E-state index in [1.807, 2.05) is 30.3 Å². The van der Waals surface area contributed by atoms with Gasteiger partial charge in [-0.2, -0.15) is 5.10 Å². The quantitative estimate of drug-likeness (QED) is 0.703. The second-order valence-electron chi connectivity index (χ2n) is 4.03. The molecule has 2 heteroatoms. The summed E-state index contributed by atoms with van der Waals surface area (Å²) >= 11 is 0. The molecule has 1 aromatic heterocycles. The van der Waals surface area contributed by atoms with Crippen LogP contribution >= 0.6 is 0 Å². The van der Waals surface area contributed by atoms with Gasteiger partial charge in [0, 0.05) is 10.9 Å². The van der Waals surface area contributed by atoms with Crippen LogP contribution in [-0.4, -0.2) is 10.2 Å². The highest BCUT2D eigenvalue weighted by Gasteiger charge is 2.10. The molecule has 1 heterocycles. The van der Waals surface area contributed by atoms with E-state index in [9.17, 15) is 0 Å². The van der Waals surface area contributed by atoms with Crippen LogP contribution in [0.2, 0.25) is 0 Å². The lowest BCUT2D eigenvalue weighted by Gasteiger charge is -2.02. The first-order chi connectivity index (χ1) is 8.40. The molecule has 0 unspecified atom stereocenters. The summed E-state index contributed by atoms with van der Waals surface area (Å²) in [5.74, 6) is 0. The number of nitrogens with zero attached hydrogens (tertiary/aromatic N) is 1. The molecule has 0 aliphatic carbocycles. The van der Waals surface area contributed by atoms with E-state index in [0.29, 0.717) is 0 Å². The van der Waals surface area contributed by atoms with Gasteiger partial charge in [-0.05, 0) is 25.0 Å². The third-order valence-corrected chi connectivity index (χ3v) is 2.99. The minimum atomic E-state index is 0.775. The van der Waals surface area contributed by atoms with E-state index in [2.05, 4.69) is 35.3 Å². The number of nitrogens with one attached hydrogen (secondary N) is 1. The monoisotopic (exact) mass is 221 g/mol. The van der Waals surface area contributed by atoms with Crippen LogP contribution in [-0.2, 0) is 6.42 Å². The first-order valence-corrected chi connectivity index (χ1v) is 5.71. The largest absolute Gasteiger partial charge is 0.277 e. The van der Waals surface area contributed by atoms with Gasteiger partial charge >= 0.3 is 0 Å². The Morgan fingerprint density at radius 3 is 2.59 bits per heavy atom. The summed E-state index contributed by atoms with van der Waals surface area (Å²) in [5, 5.41) is 8.69. The predicted octanol–water partition coefficient (Wildman–Crippen LogP) is 3.61. The van der Waals surface area contributed by atoms with Gasteiger partial charge in [-0.3, -0.25) is 5.10 Å². The molecule has 3 rings (SSSR count). The second-order valence-corrected chi connectivity index (χ2v) is 4.03. The Bertz CT molecular complexity index is 638. The standard InChI is InChI=1S/C15H13N2/c1-2-11-9-6-10-13-14(11)15(17-16-13)12-7-4-3-5-8-12/h3-10H,1-2H2,(H,16,17). The zero-order valence-electron chi connectivity index (χ0n) is 9.48. The first-order valence-electron chi connectivity index (χ1n) is 5.71. The van der Waals surface area contributed by atoms with E-state index in [1.54, 1.807) is 0 Å². The van der Waals surface area contributed by atoms with Gasteiger partial charge in [-0.15, -0.1) is 0 Å². The Balaban J connectivity index is 2.31. The van der Waals surface area contributed by atoms with Crippen molar-refractivity contribution in [3.8, 4) is 11.3 Å². The molecular formula is C15H13N2. The van der Waals surface area contributed by atoms with Crippen molar-refractivity contribution in [2.45, 2.75) is 6.42 Å². The number of hydrogen-bond acceptors (Lipinski definition) is 1. The molecule has 0 saturated heterocycles. The second kappa shape index (κ2) is 4.06. The van der Waals surface area contributed by atoms with E-state index in [0.717, 1.165) is 23.2 Å². The van der Waals surface area contributed by atoms with Gasteiger partial charge < -0.3 is 0 Å². The number of benzene rings is 2. The molecular weight excluding hydrogens is 208 g/mol. The molecule has 3 aromatic rings. The van der Waals surface area contributed by atoms with Crippen molar-refractivity contribution in [3.05, 3.63) is 61.0 Å². The molecule has 0 bridgehead atoms. The van der Waals surface area contributed by atoms with Crippen LogP contribution in [0.1, 0.15) is 5.56 Å². The molecule has 17 heavy (non-hydrogen) atoms. The topological polar surface area (TPSA) is 28.7 Å². The van der Waals surface area contributed by atoms with Gasteiger partial charge in [0.05, 0.1) is 5.52 Å². The Kier molecular flexibility index (Phi) is 2.41. The van der Waals surface area contributed by atoms with Crippen molar-refractivity contribution in [3.63, 3.8) is 0 Å². The fraction of sp³-hybridized carbons (Fsp3) is 0.0667. The molecule has 0 amide bonds. The molecule has 0 fully saturated rings. The summed E-state index contributed by atoms with van der Waals surface area (Å²) in [6.07, 6.45) is 0.775. The zero-order valence-corrected chi connectivity index (χ0v) is 9.48. The van der Waals surface area contributed by atoms with Crippen molar-refractivity contribution >= 4 is 10.9 Å². The Morgan fingerprint density at radius 1 is 1.00 bits per heavy atom. The molecule has 2 nitrogen and oxygen atoms in total. The van der Waals surface area contributed by atoms with Crippen molar-refractivity contribution in [2.75, 3.05) is 0 Å². The molecule has 0 atom stereocenters. The zero-order chi connectivity index (χ0) is 11.7. The molecule has 0 saturated carbocycles. The van der Waals surface area contributed by atoms with Gasteiger partial charge in [0.1, 0.15) is 5.69 Å². The molecule has 2 aromatic carbocycles. The minimum absolute atomic E-state index is 0.775. The summed E-state index contributed by atoms with van der Waals surface area (Å²) in [7, 11) is 0. The van der Waals surface area contributed by atoms with Crippen LogP contribution in [0.4, 0.5) is 0 Å². The Hall–Kier alpha value is -2.09. The molecule has 1 radical (unpaired) electrons. The lowest BCUT2D eigenvalue weighted by Crippen LogP contribution is -1.84. The predicted molar refractivity (Wildman–Crippen MR) is 70.6 cm³/mol. The van der Waals surface area contributed by atoms with Gasteiger partial charge in [0.15, 0.2) is 0 Å². The van der Waals surface area contributed by atoms with E-state index >= 15 is 0 Å². The van der Waals surface area contributed by atoms with E-state index < -0.39 is 0 Å². The maximum absolute atomic E-state index is 4.42. The van der Waals surface area contributed by atoms with E-state index in [4.69, 9.17) is 0 Å². The SMILES string of the molecule is [CH2]Cc1cccc2[nH]nc(-c3ccccc3)c12. The van der Waals surface area contributed by atoms with Crippen molar-refractivity contribution in [1.82, 2.24) is 10.2 Å². The molecule has 0 aliphatic rings. The average Bonchev–Trinajstić information content (AvgIpc) is 2.83. The number of rotatable bonds is 2. The maximum atomic E-state index is 4.42. The van der Waals surface area contributed by atoms with Crippen molar-refractivity contribution in [1.29, 1.82) is 0 Å². The highest BCUT2D eigenvalue weighted by atomic mass is 15.1. The number of aromatic nitrogens is 2. The van der Waals surface area contributed by atoms with E-state index in [1.165, 1.54) is 10.9 Å². The van der Waals surface area contributed by atoms with Gasteiger partial charge in [-0.25, -0.2) is 0 Å². The highest BCUT2D eigenvalue weighted by molar-refractivity contribution is 5.95. The van der Waals surface area contributed by atoms with Crippen LogP contribution in [0, 0.1) is 6.92 Å². The number of aromatic amines is 1. The summed E-state index contributed by atoms with van der Waals surface area (Å²) < 4.78 is 0. The molecule has 0 spiro atoms. The Labute approximate surface area is 100 Å². The molecule has 1 N–H and O–H groups in total. The third kappa shape index (κ3) is 1.62. The van der Waals surface area contributed by atoms with Crippen molar-refractivity contribution < 1.29 is 0 Å². The summed E-state index contributed by atoms with van der Waals surface area (Å²) in [6.45, 7) is 3.98. The fourth-order valence-electron chi connectivity index (χ4n) is 2.16. The van der Waals surface area contributed by atoms with Gasteiger partial charge in [0.25, 0.3) is 0 Å². The van der Waals surface area contributed by atoms with Crippen LogP contribution in [0.3, 0.4) is 0 Å².